The van der Waals surface area contributed by atoms with Crippen molar-refractivity contribution in [2.45, 2.75) is 12.5 Å². The number of carbonyl (C=O) groups is 1. The van der Waals surface area contributed by atoms with E-state index in [-0.39, 0.29) is 23.3 Å². The first-order valence-electron chi connectivity index (χ1n) is 6.89. The van der Waals surface area contributed by atoms with E-state index in [0.29, 0.717) is 32.7 Å². The van der Waals surface area contributed by atoms with E-state index < -0.39 is 5.82 Å². The molecule has 0 radical (unpaired) electrons. The molecule has 5 nitrogen and oxygen atoms in total. The Balaban J connectivity index is 2.09. The molecule has 1 saturated heterocycles. The average Bonchev–Trinajstić information content (AvgIpc) is 2.53. The van der Waals surface area contributed by atoms with Crippen molar-refractivity contribution in [3.8, 4) is 5.75 Å². The van der Waals surface area contributed by atoms with Crippen molar-refractivity contribution < 1.29 is 23.4 Å². The Kier molecular flexibility index (Phi) is 5.52. The average molecular weight is 297 g/mol. The van der Waals surface area contributed by atoms with Gasteiger partial charge in [0, 0.05) is 26.8 Å². The van der Waals surface area contributed by atoms with Crippen LogP contribution in [0.5, 0.6) is 5.75 Å². The Hall–Kier alpha value is -1.66. The molecule has 1 aliphatic heterocycles. The fraction of sp³-hybridized carbons (Fsp3) is 0.533. The van der Waals surface area contributed by atoms with E-state index in [2.05, 4.69) is 0 Å². The van der Waals surface area contributed by atoms with Crippen LogP contribution in [-0.4, -0.2) is 57.4 Å². The van der Waals surface area contributed by atoms with Gasteiger partial charge in [0.25, 0.3) is 5.91 Å². The van der Waals surface area contributed by atoms with Gasteiger partial charge in [0.1, 0.15) is 0 Å². The maximum Gasteiger partial charge on any atom is 0.257 e. The molecule has 1 unspecified atom stereocenters. The molecule has 1 amide bonds. The van der Waals surface area contributed by atoms with Crippen molar-refractivity contribution in [2.75, 3.05) is 40.5 Å². The highest BCUT2D eigenvalue weighted by Crippen LogP contribution is 2.22. The van der Waals surface area contributed by atoms with Gasteiger partial charge in [-0.1, -0.05) is 6.07 Å². The number of morpholine rings is 1. The third-order valence-corrected chi connectivity index (χ3v) is 3.48. The fourth-order valence-corrected chi connectivity index (χ4v) is 2.33. The number of methoxy groups -OCH3 is 2. The molecule has 0 aliphatic carbocycles. The molecule has 21 heavy (non-hydrogen) atoms. The molecular formula is C15H20FNO4. The van der Waals surface area contributed by atoms with Crippen LogP contribution in [0.2, 0.25) is 0 Å². The van der Waals surface area contributed by atoms with Crippen molar-refractivity contribution in [2.24, 2.45) is 0 Å². The van der Waals surface area contributed by atoms with E-state index in [0.717, 1.165) is 0 Å². The number of carbonyl (C=O) groups excluding carboxylic acids is 1. The SMILES string of the molecule is COCCC1CN(C(=O)c2cccc(OC)c2F)CCO1. The van der Waals surface area contributed by atoms with E-state index >= 15 is 0 Å². The molecule has 1 aromatic rings. The molecule has 6 heteroatoms. The first-order valence-corrected chi connectivity index (χ1v) is 6.89. The summed E-state index contributed by atoms with van der Waals surface area (Å²) < 4.78 is 29.7. The van der Waals surface area contributed by atoms with Crippen molar-refractivity contribution in [3.05, 3.63) is 29.6 Å². The quantitative estimate of drug-likeness (QED) is 0.830. The zero-order valence-corrected chi connectivity index (χ0v) is 12.3. The summed E-state index contributed by atoms with van der Waals surface area (Å²) in [6, 6.07) is 4.57. The van der Waals surface area contributed by atoms with Crippen LogP contribution in [0, 0.1) is 5.82 Å². The molecule has 0 aromatic heterocycles. The van der Waals surface area contributed by atoms with Crippen molar-refractivity contribution in [3.63, 3.8) is 0 Å². The number of ether oxygens (including phenoxy) is 3. The third kappa shape index (κ3) is 3.71. The first kappa shape index (κ1) is 15.7. The van der Waals surface area contributed by atoms with Gasteiger partial charge in [-0.15, -0.1) is 0 Å². The smallest absolute Gasteiger partial charge is 0.257 e. The highest BCUT2D eigenvalue weighted by Gasteiger charge is 2.27. The van der Waals surface area contributed by atoms with Crippen LogP contribution in [0.3, 0.4) is 0 Å². The first-order chi connectivity index (χ1) is 10.2. The second-order valence-electron chi connectivity index (χ2n) is 4.85. The maximum atomic E-state index is 14.2. The Morgan fingerprint density at radius 3 is 3.00 bits per heavy atom. The molecule has 0 N–H and O–H groups in total. The highest BCUT2D eigenvalue weighted by molar-refractivity contribution is 5.95. The lowest BCUT2D eigenvalue weighted by molar-refractivity contribution is -0.0334. The second-order valence-corrected chi connectivity index (χ2v) is 4.85. The number of amides is 1. The molecule has 0 spiro atoms. The lowest BCUT2D eigenvalue weighted by Crippen LogP contribution is -2.46. The Bertz CT molecular complexity index is 495. The summed E-state index contributed by atoms with van der Waals surface area (Å²) in [6.45, 7) is 1.92. The van der Waals surface area contributed by atoms with E-state index in [9.17, 15) is 9.18 Å². The summed E-state index contributed by atoms with van der Waals surface area (Å²) >= 11 is 0. The molecule has 1 fully saturated rings. The molecule has 116 valence electrons. The van der Waals surface area contributed by atoms with Crippen LogP contribution < -0.4 is 4.74 Å². The van der Waals surface area contributed by atoms with Gasteiger partial charge in [-0.2, -0.15) is 0 Å². The second kappa shape index (κ2) is 7.38. The number of rotatable bonds is 5. The van der Waals surface area contributed by atoms with Gasteiger partial charge in [0.05, 0.1) is 25.4 Å². The lowest BCUT2D eigenvalue weighted by atomic mass is 10.1. The molecule has 0 bridgehead atoms. The van der Waals surface area contributed by atoms with Crippen molar-refractivity contribution >= 4 is 5.91 Å². The van der Waals surface area contributed by atoms with Crippen LogP contribution in [0.1, 0.15) is 16.8 Å². The van der Waals surface area contributed by atoms with Crippen molar-refractivity contribution in [1.29, 1.82) is 0 Å². The highest BCUT2D eigenvalue weighted by atomic mass is 19.1. The topological polar surface area (TPSA) is 48.0 Å². The summed E-state index contributed by atoms with van der Waals surface area (Å²) in [5.41, 5.74) is 0.0294. The van der Waals surface area contributed by atoms with Crippen LogP contribution in [0.25, 0.3) is 0 Å². The van der Waals surface area contributed by atoms with Gasteiger partial charge >= 0.3 is 0 Å². The minimum absolute atomic E-state index is 0.0294. The Morgan fingerprint density at radius 2 is 2.29 bits per heavy atom. The van der Waals surface area contributed by atoms with Gasteiger partial charge in [0.15, 0.2) is 11.6 Å². The number of nitrogens with zero attached hydrogens (tertiary/aromatic N) is 1. The largest absolute Gasteiger partial charge is 0.494 e. The van der Waals surface area contributed by atoms with Crippen LogP contribution in [-0.2, 0) is 9.47 Å². The lowest BCUT2D eigenvalue weighted by Gasteiger charge is -2.33. The predicted octanol–water partition coefficient (Wildman–Crippen LogP) is 1.71. The van der Waals surface area contributed by atoms with Crippen LogP contribution in [0.4, 0.5) is 4.39 Å². The summed E-state index contributed by atoms with van der Waals surface area (Å²) in [6.07, 6.45) is 0.636. The summed E-state index contributed by atoms with van der Waals surface area (Å²) in [4.78, 5) is 14.1. The predicted molar refractivity (Wildman–Crippen MR) is 75.1 cm³/mol. The molecule has 2 rings (SSSR count). The monoisotopic (exact) mass is 297 g/mol. The van der Waals surface area contributed by atoms with Gasteiger partial charge in [-0.3, -0.25) is 4.79 Å². The van der Waals surface area contributed by atoms with E-state index in [1.165, 1.54) is 19.2 Å². The van der Waals surface area contributed by atoms with E-state index in [1.54, 1.807) is 18.1 Å². The minimum Gasteiger partial charge on any atom is -0.494 e. The zero-order chi connectivity index (χ0) is 15.2. The summed E-state index contributed by atoms with van der Waals surface area (Å²) in [5.74, 6) is -0.882. The van der Waals surface area contributed by atoms with Gasteiger partial charge in [0.2, 0.25) is 0 Å². The molecule has 1 heterocycles. The zero-order valence-electron chi connectivity index (χ0n) is 12.3. The van der Waals surface area contributed by atoms with Gasteiger partial charge in [-0.05, 0) is 18.6 Å². The van der Waals surface area contributed by atoms with E-state index in [1.807, 2.05) is 0 Å². The van der Waals surface area contributed by atoms with E-state index in [4.69, 9.17) is 14.2 Å². The standard InChI is InChI=1S/C15H20FNO4/c1-19-8-6-11-10-17(7-9-21-11)15(18)12-4-3-5-13(20-2)14(12)16/h3-5,11H,6-10H2,1-2H3. The normalized spacial score (nSPS) is 18.6. The van der Waals surface area contributed by atoms with Crippen LogP contribution in [0.15, 0.2) is 18.2 Å². The Labute approximate surface area is 123 Å². The Morgan fingerprint density at radius 1 is 1.48 bits per heavy atom. The maximum absolute atomic E-state index is 14.2. The minimum atomic E-state index is -0.620. The van der Waals surface area contributed by atoms with Crippen molar-refractivity contribution in [1.82, 2.24) is 4.90 Å². The number of hydrogen-bond acceptors (Lipinski definition) is 4. The molecule has 1 aliphatic rings. The molecule has 1 aromatic carbocycles. The molecular weight excluding hydrogens is 277 g/mol. The number of benzene rings is 1. The fourth-order valence-electron chi connectivity index (χ4n) is 2.33. The summed E-state index contributed by atoms with van der Waals surface area (Å²) in [7, 11) is 3.00. The van der Waals surface area contributed by atoms with Gasteiger partial charge < -0.3 is 19.1 Å². The summed E-state index contributed by atoms with van der Waals surface area (Å²) in [5, 5.41) is 0. The number of halogens is 1. The van der Waals surface area contributed by atoms with Crippen LogP contribution >= 0.6 is 0 Å². The molecule has 1 atom stereocenters. The number of hydrogen-bond donors (Lipinski definition) is 0. The third-order valence-electron chi connectivity index (χ3n) is 3.48. The molecule has 0 saturated carbocycles. The van der Waals surface area contributed by atoms with Gasteiger partial charge in [-0.25, -0.2) is 4.39 Å².